The highest BCUT2D eigenvalue weighted by atomic mass is 16.6. The number of benzene rings is 1. The second kappa shape index (κ2) is 7.79. The number of carboxylic acids is 1. The van der Waals surface area contributed by atoms with Crippen molar-refractivity contribution in [3.8, 4) is 5.75 Å². The number of carbonyl (C=O) groups is 2. The van der Waals surface area contributed by atoms with Gasteiger partial charge in [0.05, 0.1) is 20.2 Å². The van der Waals surface area contributed by atoms with Crippen LogP contribution in [0, 0.1) is 0 Å². The van der Waals surface area contributed by atoms with E-state index < -0.39 is 17.5 Å². The molecule has 1 aromatic rings. The van der Waals surface area contributed by atoms with Crippen molar-refractivity contribution in [1.29, 1.82) is 0 Å². The smallest absolute Gasteiger partial charge is 0.320 e. The summed E-state index contributed by atoms with van der Waals surface area (Å²) in [5.41, 5.74) is 0.303. The first kappa shape index (κ1) is 18.0. The maximum atomic E-state index is 11.9. The van der Waals surface area contributed by atoms with Gasteiger partial charge in [-0.2, -0.15) is 0 Å². The third-order valence-corrected chi connectivity index (χ3v) is 2.70. The molecular formula is C16H23NO5. The highest BCUT2D eigenvalue weighted by molar-refractivity contribution is 5.74. The van der Waals surface area contributed by atoms with Gasteiger partial charge in [-0.05, 0) is 38.5 Å². The first-order valence-corrected chi connectivity index (χ1v) is 6.98. The van der Waals surface area contributed by atoms with E-state index >= 15 is 0 Å². The molecule has 6 nitrogen and oxygen atoms in total. The molecule has 0 heterocycles. The Morgan fingerprint density at radius 1 is 1.14 bits per heavy atom. The minimum Gasteiger partial charge on any atom is -0.497 e. The first-order valence-electron chi connectivity index (χ1n) is 6.98. The topological polar surface area (TPSA) is 76.1 Å². The van der Waals surface area contributed by atoms with E-state index in [1.165, 1.54) is 4.90 Å². The monoisotopic (exact) mass is 309 g/mol. The lowest BCUT2D eigenvalue weighted by atomic mass is 10.2. The van der Waals surface area contributed by atoms with Crippen LogP contribution in [0.1, 0.15) is 26.3 Å². The summed E-state index contributed by atoms with van der Waals surface area (Å²) in [5.74, 6) is -0.708. The van der Waals surface area contributed by atoms with Gasteiger partial charge < -0.3 is 14.6 Å². The largest absolute Gasteiger partial charge is 0.497 e. The maximum absolute atomic E-state index is 11.9. The van der Waals surface area contributed by atoms with E-state index in [0.717, 1.165) is 11.3 Å². The molecule has 0 spiro atoms. The van der Waals surface area contributed by atoms with E-state index in [9.17, 15) is 9.59 Å². The molecule has 0 amide bonds. The molecule has 0 bridgehead atoms. The molecule has 1 aromatic carbocycles. The molecule has 0 aliphatic carbocycles. The predicted octanol–water partition coefficient (Wildman–Crippen LogP) is 1.92. The predicted molar refractivity (Wildman–Crippen MR) is 81.8 cm³/mol. The van der Waals surface area contributed by atoms with Crippen LogP contribution < -0.4 is 4.74 Å². The maximum Gasteiger partial charge on any atom is 0.320 e. The van der Waals surface area contributed by atoms with Crippen molar-refractivity contribution in [3.05, 3.63) is 29.8 Å². The van der Waals surface area contributed by atoms with Crippen LogP contribution in [-0.2, 0) is 20.9 Å². The van der Waals surface area contributed by atoms with E-state index in [1.807, 2.05) is 12.1 Å². The van der Waals surface area contributed by atoms with E-state index in [1.54, 1.807) is 40.0 Å². The Kier molecular flexibility index (Phi) is 6.37. The zero-order chi connectivity index (χ0) is 16.8. The molecular weight excluding hydrogens is 286 g/mol. The Labute approximate surface area is 130 Å². The van der Waals surface area contributed by atoms with Crippen molar-refractivity contribution in [2.75, 3.05) is 20.2 Å². The quantitative estimate of drug-likeness (QED) is 0.776. The summed E-state index contributed by atoms with van der Waals surface area (Å²) in [6, 6.07) is 7.26. The van der Waals surface area contributed by atoms with E-state index in [0.29, 0.717) is 6.54 Å². The average Bonchev–Trinajstić information content (AvgIpc) is 2.36. The van der Waals surface area contributed by atoms with Gasteiger partial charge >= 0.3 is 11.9 Å². The van der Waals surface area contributed by atoms with Crippen molar-refractivity contribution >= 4 is 11.9 Å². The molecule has 0 atom stereocenters. The Morgan fingerprint density at radius 2 is 1.73 bits per heavy atom. The third kappa shape index (κ3) is 7.08. The molecule has 1 N–H and O–H groups in total. The molecule has 6 heteroatoms. The van der Waals surface area contributed by atoms with Gasteiger partial charge in [0.1, 0.15) is 11.4 Å². The van der Waals surface area contributed by atoms with Crippen LogP contribution in [0.4, 0.5) is 0 Å². The van der Waals surface area contributed by atoms with Crippen molar-refractivity contribution < 1.29 is 24.2 Å². The summed E-state index contributed by atoms with van der Waals surface area (Å²) in [6.45, 7) is 5.36. The van der Waals surface area contributed by atoms with Crippen LogP contribution in [-0.4, -0.2) is 47.7 Å². The number of rotatable bonds is 7. The summed E-state index contributed by atoms with van der Waals surface area (Å²) in [4.78, 5) is 24.3. The van der Waals surface area contributed by atoms with Crippen LogP contribution in [0.3, 0.4) is 0 Å². The number of carbonyl (C=O) groups excluding carboxylic acids is 1. The molecule has 0 aliphatic heterocycles. The molecule has 0 unspecified atom stereocenters. The van der Waals surface area contributed by atoms with Crippen molar-refractivity contribution in [2.45, 2.75) is 32.9 Å². The number of hydrogen-bond donors (Lipinski definition) is 1. The number of methoxy groups -OCH3 is 1. The summed E-state index contributed by atoms with van der Waals surface area (Å²) in [6.07, 6.45) is 0. The van der Waals surface area contributed by atoms with Gasteiger partial charge in [0.15, 0.2) is 0 Å². The lowest BCUT2D eigenvalue weighted by molar-refractivity contribution is -0.156. The lowest BCUT2D eigenvalue weighted by Crippen LogP contribution is -2.37. The fourth-order valence-electron chi connectivity index (χ4n) is 1.90. The van der Waals surface area contributed by atoms with Gasteiger partial charge in [-0.25, -0.2) is 0 Å². The molecule has 122 valence electrons. The van der Waals surface area contributed by atoms with E-state index in [-0.39, 0.29) is 13.1 Å². The molecule has 0 fully saturated rings. The minimum atomic E-state index is -0.989. The number of carboxylic acid groups (broad SMARTS) is 1. The van der Waals surface area contributed by atoms with Crippen LogP contribution in [0.2, 0.25) is 0 Å². The fourth-order valence-corrected chi connectivity index (χ4v) is 1.90. The molecule has 1 rings (SSSR count). The second-order valence-corrected chi connectivity index (χ2v) is 5.97. The number of ether oxygens (including phenoxy) is 2. The number of esters is 1. The van der Waals surface area contributed by atoms with Gasteiger partial charge in [0.2, 0.25) is 0 Å². The van der Waals surface area contributed by atoms with Gasteiger partial charge in [-0.1, -0.05) is 12.1 Å². The summed E-state index contributed by atoms with van der Waals surface area (Å²) in [5, 5.41) is 8.98. The highest BCUT2D eigenvalue weighted by Crippen LogP contribution is 2.14. The highest BCUT2D eigenvalue weighted by Gasteiger charge is 2.20. The van der Waals surface area contributed by atoms with Gasteiger partial charge in [0.25, 0.3) is 0 Å². The number of aliphatic carboxylic acids is 1. The number of hydrogen-bond acceptors (Lipinski definition) is 5. The Morgan fingerprint density at radius 3 is 2.18 bits per heavy atom. The fraction of sp³-hybridized carbons (Fsp3) is 0.500. The third-order valence-electron chi connectivity index (χ3n) is 2.70. The Balaban J connectivity index is 2.70. The SMILES string of the molecule is COc1ccc(CN(CC(=O)O)CC(=O)OC(C)(C)C)cc1. The van der Waals surface area contributed by atoms with Gasteiger partial charge in [-0.3, -0.25) is 14.5 Å². The van der Waals surface area contributed by atoms with Crippen molar-refractivity contribution in [2.24, 2.45) is 0 Å². The lowest BCUT2D eigenvalue weighted by Gasteiger charge is -2.24. The Hall–Kier alpha value is -2.08. The summed E-state index contributed by atoms with van der Waals surface area (Å²) >= 11 is 0. The van der Waals surface area contributed by atoms with Crippen molar-refractivity contribution in [1.82, 2.24) is 4.90 Å². The summed E-state index contributed by atoms with van der Waals surface area (Å²) in [7, 11) is 1.58. The standard InChI is InChI=1S/C16H23NO5/c1-16(2,3)22-15(20)11-17(10-14(18)19)9-12-5-7-13(21-4)8-6-12/h5-8H,9-11H2,1-4H3,(H,18,19). The average molecular weight is 309 g/mol. The molecule has 0 saturated carbocycles. The van der Waals surface area contributed by atoms with Crippen LogP contribution in [0.5, 0.6) is 5.75 Å². The Bertz CT molecular complexity index is 504. The molecule has 0 aromatic heterocycles. The molecule has 0 aliphatic rings. The normalized spacial score (nSPS) is 11.3. The second-order valence-electron chi connectivity index (χ2n) is 5.97. The van der Waals surface area contributed by atoms with Crippen molar-refractivity contribution in [3.63, 3.8) is 0 Å². The molecule has 22 heavy (non-hydrogen) atoms. The van der Waals surface area contributed by atoms with E-state index in [2.05, 4.69) is 0 Å². The minimum absolute atomic E-state index is 0.0738. The van der Waals surface area contributed by atoms with Gasteiger partial charge in [-0.15, -0.1) is 0 Å². The summed E-state index contributed by atoms with van der Waals surface area (Å²) < 4.78 is 10.3. The van der Waals surface area contributed by atoms with Crippen LogP contribution >= 0.6 is 0 Å². The molecule has 0 saturated heterocycles. The van der Waals surface area contributed by atoms with Crippen LogP contribution in [0.15, 0.2) is 24.3 Å². The van der Waals surface area contributed by atoms with Crippen LogP contribution in [0.25, 0.3) is 0 Å². The zero-order valence-electron chi connectivity index (χ0n) is 13.5. The molecule has 0 radical (unpaired) electrons. The number of nitrogens with zero attached hydrogens (tertiary/aromatic N) is 1. The zero-order valence-corrected chi connectivity index (χ0v) is 13.5. The van der Waals surface area contributed by atoms with Gasteiger partial charge in [0, 0.05) is 6.54 Å². The van der Waals surface area contributed by atoms with E-state index in [4.69, 9.17) is 14.6 Å². The first-order chi connectivity index (χ1) is 10.2.